The second kappa shape index (κ2) is 11.5. The van der Waals surface area contributed by atoms with Crippen LogP contribution in [-0.2, 0) is 13.0 Å². The Morgan fingerprint density at radius 3 is 2.30 bits per heavy atom. The van der Waals surface area contributed by atoms with Crippen LogP contribution >= 0.6 is 22.9 Å². The van der Waals surface area contributed by atoms with E-state index in [9.17, 15) is 0 Å². The molecule has 0 atom stereocenters. The maximum atomic E-state index is 5.90. The van der Waals surface area contributed by atoms with Gasteiger partial charge in [0.25, 0.3) is 0 Å². The van der Waals surface area contributed by atoms with Gasteiger partial charge in [0, 0.05) is 30.4 Å². The molecule has 2 nitrogen and oxygen atoms in total. The van der Waals surface area contributed by atoms with E-state index in [2.05, 4.69) is 48.3 Å². The van der Waals surface area contributed by atoms with E-state index in [4.69, 9.17) is 11.6 Å². The number of pyridine rings is 1. The smallest absolute Gasteiger partial charge is 0.0934 e. The first-order valence-corrected chi connectivity index (χ1v) is 9.98. The van der Waals surface area contributed by atoms with Gasteiger partial charge in [0.2, 0.25) is 0 Å². The zero-order chi connectivity index (χ0) is 19.5. The number of halogens is 1. The molecule has 0 aliphatic carbocycles. The number of fused-ring (bicyclic) bond motifs is 1. The third kappa shape index (κ3) is 7.14. The summed E-state index contributed by atoms with van der Waals surface area (Å²) in [6.45, 7) is 8.97. The van der Waals surface area contributed by atoms with Crippen LogP contribution in [0.3, 0.4) is 0 Å². The number of thiophene rings is 1. The van der Waals surface area contributed by atoms with Crippen molar-refractivity contribution in [1.29, 1.82) is 0 Å². The Kier molecular flexibility index (Phi) is 8.99. The van der Waals surface area contributed by atoms with E-state index in [0.717, 1.165) is 17.3 Å². The van der Waals surface area contributed by atoms with Crippen LogP contribution in [0.1, 0.15) is 10.4 Å². The number of likely N-dealkylation sites (N-methyl/N-ethyl adjacent to an activating group) is 1. The summed E-state index contributed by atoms with van der Waals surface area (Å²) in [6.07, 6.45) is 8.06. The standard InChI is InChI=1S/C11H9N.C8H10ClNS.C4H6/c1-2-4-10(5-3-1)11-6-8-12-9-7-11;1-10-3-2-6-4-8(9)11-7(6)5-10;1-3-4-2/h1-9H;4H,2-3,5H2,1H3;3-4H,1-2H2. The van der Waals surface area contributed by atoms with Crippen LogP contribution in [0.5, 0.6) is 0 Å². The van der Waals surface area contributed by atoms with Crippen LogP contribution in [0.25, 0.3) is 11.1 Å². The maximum absolute atomic E-state index is 5.90. The van der Waals surface area contributed by atoms with Crippen molar-refractivity contribution in [2.75, 3.05) is 13.6 Å². The third-order valence-electron chi connectivity index (χ3n) is 4.00. The van der Waals surface area contributed by atoms with E-state index in [-0.39, 0.29) is 0 Å². The molecule has 0 bridgehead atoms. The average Bonchev–Trinajstić information content (AvgIpc) is 3.09. The van der Waals surface area contributed by atoms with Gasteiger partial charge in [-0.15, -0.1) is 11.3 Å². The van der Waals surface area contributed by atoms with Crippen molar-refractivity contribution < 1.29 is 0 Å². The van der Waals surface area contributed by atoms with Crippen LogP contribution in [0.2, 0.25) is 4.34 Å². The van der Waals surface area contributed by atoms with Crippen molar-refractivity contribution in [3.05, 3.63) is 101 Å². The molecular weight excluding hydrogens is 372 g/mol. The number of rotatable bonds is 2. The van der Waals surface area contributed by atoms with Gasteiger partial charge in [-0.3, -0.25) is 4.98 Å². The summed E-state index contributed by atoms with van der Waals surface area (Å²) in [5.41, 5.74) is 3.91. The number of benzene rings is 1. The molecule has 0 spiro atoms. The highest BCUT2D eigenvalue weighted by molar-refractivity contribution is 7.16. The molecule has 3 aromatic rings. The Morgan fingerprint density at radius 1 is 1.04 bits per heavy atom. The monoisotopic (exact) mass is 396 g/mol. The van der Waals surface area contributed by atoms with E-state index in [1.54, 1.807) is 23.5 Å². The summed E-state index contributed by atoms with van der Waals surface area (Å²) >= 11 is 7.62. The highest BCUT2D eigenvalue weighted by Gasteiger charge is 2.15. The quantitative estimate of drug-likeness (QED) is 0.460. The van der Waals surface area contributed by atoms with Crippen molar-refractivity contribution in [2.24, 2.45) is 0 Å². The summed E-state index contributed by atoms with van der Waals surface area (Å²) in [7, 11) is 2.15. The Bertz CT molecular complexity index is 785. The van der Waals surface area contributed by atoms with Gasteiger partial charge in [-0.25, -0.2) is 0 Å². The Hall–Kier alpha value is -2.20. The summed E-state index contributed by atoms with van der Waals surface area (Å²) in [5.74, 6) is 0. The van der Waals surface area contributed by atoms with E-state index in [1.807, 2.05) is 42.7 Å². The van der Waals surface area contributed by atoms with Crippen LogP contribution in [-0.4, -0.2) is 23.5 Å². The molecule has 4 heteroatoms. The third-order valence-corrected chi connectivity index (χ3v) is 5.29. The first-order valence-electron chi connectivity index (χ1n) is 8.78. The average molecular weight is 397 g/mol. The van der Waals surface area contributed by atoms with Gasteiger partial charge in [-0.1, -0.05) is 67.2 Å². The molecule has 0 amide bonds. The van der Waals surface area contributed by atoms with Crippen molar-refractivity contribution in [3.8, 4) is 11.1 Å². The van der Waals surface area contributed by atoms with Gasteiger partial charge in [0.15, 0.2) is 0 Å². The lowest BCUT2D eigenvalue weighted by molar-refractivity contribution is 0.317. The molecule has 27 heavy (non-hydrogen) atoms. The van der Waals surface area contributed by atoms with Crippen molar-refractivity contribution in [3.63, 3.8) is 0 Å². The summed E-state index contributed by atoms with van der Waals surface area (Å²) < 4.78 is 0.935. The minimum Gasteiger partial charge on any atom is -0.301 e. The SMILES string of the molecule is C=CC=C.CN1CCc2cc(Cl)sc2C1.c1ccc(-c2ccncc2)cc1. The lowest BCUT2D eigenvalue weighted by Crippen LogP contribution is -2.24. The molecule has 1 aliphatic heterocycles. The Labute approximate surface area is 171 Å². The second-order valence-electron chi connectivity index (χ2n) is 6.06. The number of aromatic nitrogens is 1. The zero-order valence-corrected chi connectivity index (χ0v) is 17.2. The topological polar surface area (TPSA) is 16.1 Å². The molecule has 140 valence electrons. The van der Waals surface area contributed by atoms with Crippen LogP contribution in [0, 0.1) is 0 Å². The van der Waals surface area contributed by atoms with Crippen molar-refractivity contribution in [1.82, 2.24) is 9.88 Å². The van der Waals surface area contributed by atoms with Gasteiger partial charge in [0.1, 0.15) is 0 Å². The Morgan fingerprint density at radius 2 is 1.67 bits per heavy atom. The Balaban J connectivity index is 0.000000163. The molecule has 0 N–H and O–H groups in total. The van der Waals surface area contributed by atoms with E-state index < -0.39 is 0 Å². The highest BCUT2D eigenvalue weighted by Crippen LogP contribution is 2.30. The molecule has 1 aromatic carbocycles. The number of nitrogens with zero attached hydrogens (tertiary/aromatic N) is 2. The van der Waals surface area contributed by atoms with Gasteiger partial charge < -0.3 is 4.90 Å². The van der Waals surface area contributed by atoms with Gasteiger partial charge in [0.05, 0.1) is 4.34 Å². The molecule has 0 radical (unpaired) electrons. The molecule has 2 aromatic heterocycles. The molecule has 1 aliphatic rings. The van der Waals surface area contributed by atoms with E-state index in [1.165, 1.54) is 28.1 Å². The molecule has 3 heterocycles. The molecule has 0 saturated heterocycles. The van der Waals surface area contributed by atoms with Crippen LogP contribution < -0.4 is 0 Å². The fraction of sp³-hybridized carbons (Fsp3) is 0.174. The van der Waals surface area contributed by atoms with Crippen molar-refractivity contribution in [2.45, 2.75) is 13.0 Å². The normalized spacial score (nSPS) is 12.5. The minimum atomic E-state index is 0.935. The second-order valence-corrected chi connectivity index (χ2v) is 7.83. The zero-order valence-electron chi connectivity index (χ0n) is 15.6. The lowest BCUT2D eigenvalue weighted by Gasteiger charge is -2.21. The number of hydrogen-bond donors (Lipinski definition) is 0. The van der Waals surface area contributed by atoms with Gasteiger partial charge in [-0.2, -0.15) is 0 Å². The first-order chi connectivity index (χ1) is 13.1. The predicted molar refractivity (Wildman–Crippen MR) is 119 cm³/mol. The fourth-order valence-electron chi connectivity index (χ4n) is 2.59. The van der Waals surface area contributed by atoms with E-state index in [0.29, 0.717) is 0 Å². The first kappa shape index (κ1) is 21.1. The molecule has 0 fully saturated rings. The molecule has 0 unspecified atom stereocenters. The van der Waals surface area contributed by atoms with Crippen molar-refractivity contribution >= 4 is 22.9 Å². The maximum Gasteiger partial charge on any atom is 0.0934 e. The van der Waals surface area contributed by atoms with E-state index >= 15 is 0 Å². The van der Waals surface area contributed by atoms with Gasteiger partial charge >= 0.3 is 0 Å². The largest absolute Gasteiger partial charge is 0.301 e. The summed E-state index contributed by atoms with van der Waals surface area (Å²) in [5, 5.41) is 0. The van der Waals surface area contributed by atoms with Crippen LogP contribution in [0.15, 0.2) is 86.2 Å². The number of allylic oxidation sites excluding steroid dienone is 2. The molecular formula is C23H25ClN2S. The highest BCUT2D eigenvalue weighted by atomic mass is 35.5. The van der Waals surface area contributed by atoms with Gasteiger partial charge in [-0.05, 0) is 48.4 Å². The molecule has 4 rings (SSSR count). The fourth-order valence-corrected chi connectivity index (χ4v) is 4.01. The summed E-state index contributed by atoms with van der Waals surface area (Å²) in [6, 6.07) is 16.4. The predicted octanol–water partition coefficient (Wildman–Crippen LogP) is 6.50. The number of hydrogen-bond acceptors (Lipinski definition) is 3. The molecule has 0 saturated carbocycles. The lowest BCUT2D eigenvalue weighted by atomic mass is 10.1. The van der Waals surface area contributed by atoms with Crippen LogP contribution in [0.4, 0.5) is 0 Å². The summed E-state index contributed by atoms with van der Waals surface area (Å²) in [4.78, 5) is 7.75. The minimum absolute atomic E-state index is 0.935.